The van der Waals surface area contributed by atoms with Crippen LogP contribution in [0, 0.1) is 0 Å². The Labute approximate surface area is 115 Å². The Morgan fingerprint density at radius 3 is 2.45 bits per heavy atom. The first kappa shape index (κ1) is 16.7. The van der Waals surface area contributed by atoms with Gasteiger partial charge in [0.25, 0.3) is 0 Å². The van der Waals surface area contributed by atoms with Crippen LogP contribution >= 0.6 is 0 Å². The average molecular weight is 312 g/mol. The van der Waals surface area contributed by atoms with E-state index in [2.05, 4.69) is 5.32 Å². The van der Waals surface area contributed by atoms with Gasteiger partial charge in [-0.05, 0) is 24.7 Å². The second-order valence-electron chi connectivity index (χ2n) is 3.96. The first-order valence-electron chi connectivity index (χ1n) is 5.57. The Kier molecular flexibility index (Phi) is 5.37. The molecule has 0 aromatic heterocycles. The van der Waals surface area contributed by atoms with E-state index in [1.807, 2.05) is 0 Å². The number of sulfonamides is 1. The van der Waals surface area contributed by atoms with Crippen LogP contribution < -0.4 is 14.8 Å². The number of hydrogen-bond donors (Lipinski definition) is 2. The van der Waals surface area contributed by atoms with E-state index < -0.39 is 22.7 Å². The molecule has 0 aliphatic heterocycles. The predicted molar refractivity (Wildman–Crippen MR) is 67.0 cm³/mol. The highest BCUT2D eigenvalue weighted by Crippen LogP contribution is 2.25. The van der Waals surface area contributed by atoms with Crippen LogP contribution in [0.2, 0.25) is 0 Å². The van der Waals surface area contributed by atoms with Gasteiger partial charge in [0.1, 0.15) is 17.2 Å². The molecule has 0 spiro atoms. The third-order valence-electron chi connectivity index (χ3n) is 2.36. The summed E-state index contributed by atoms with van der Waals surface area (Å²) in [5.41, 5.74) is 0.612. The third-order valence-corrected chi connectivity index (χ3v) is 3.78. The molecule has 1 aromatic rings. The molecule has 0 radical (unpaired) electrons. The minimum absolute atomic E-state index is 0.0143. The lowest BCUT2D eigenvalue weighted by Gasteiger charge is -2.13. The van der Waals surface area contributed by atoms with E-state index in [9.17, 15) is 21.6 Å². The first-order chi connectivity index (χ1) is 9.19. The Morgan fingerprint density at radius 1 is 1.30 bits per heavy atom. The van der Waals surface area contributed by atoms with Gasteiger partial charge in [-0.3, -0.25) is 0 Å². The van der Waals surface area contributed by atoms with Gasteiger partial charge >= 0.3 is 6.18 Å². The lowest BCUT2D eigenvalue weighted by Crippen LogP contribution is -2.34. The summed E-state index contributed by atoms with van der Waals surface area (Å²) in [5.74, 6) is -0.0143. The van der Waals surface area contributed by atoms with Crippen molar-refractivity contribution < 1.29 is 26.3 Å². The van der Waals surface area contributed by atoms with Crippen molar-refractivity contribution in [3.8, 4) is 5.75 Å². The third kappa shape index (κ3) is 4.66. The standard InChI is InChI=1S/C11H15F3N2O3S/c1-15-6-8-3-4-9(19-2)10(5-8)20(17,18)16-7-11(12,13)14/h3-5,15-16H,6-7H2,1-2H3. The average Bonchev–Trinajstić information content (AvgIpc) is 2.36. The topological polar surface area (TPSA) is 67.4 Å². The fourth-order valence-corrected chi connectivity index (χ4v) is 2.73. The van der Waals surface area contributed by atoms with Gasteiger partial charge in [-0.15, -0.1) is 0 Å². The number of benzene rings is 1. The second-order valence-corrected chi connectivity index (χ2v) is 5.69. The molecule has 0 aliphatic rings. The van der Waals surface area contributed by atoms with E-state index in [4.69, 9.17) is 4.74 Å². The van der Waals surface area contributed by atoms with Gasteiger partial charge in [0, 0.05) is 6.54 Å². The molecule has 114 valence electrons. The number of halogens is 3. The van der Waals surface area contributed by atoms with Gasteiger partial charge in [-0.1, -0.05) is 6.07 Å². The van der Waals surface area contributed by atoms with Crippen LogP contribution in [0.1, 0.15) is 5.56 Å². The Hall–Kier alpha value is -1.32. The van der Waals surface area contributed by atoms with Crippen molar-refractivity contribution >= 4 is 10.0 Å². The molecule has 0 saturated carbocycles. The second kappa shape index (κ2) is 6.42. The highest BCUT2D eigenvalue weighted by molar-refractivity contribution is 7.89. The fourth-order valence-electron chi connectivity index (χ4n) is 1.50. The molecule has 0 amide bonds. The van der Waals surface area contributed by atoms with Crippen molar-refractivity contribution in [2.24, 2.45) is 0 Å². The minimum atomic E-state index is -4.62. The van der Waals surface area contributed by atoms with E-state index in [0.29, 0.717) is 12.1 Å². The zero-order valence-corrected chi connectivity index (χ0v) is 11.7. The minimum Gasteiger partial charge on any atom is -0.495 e. The van der Waals surface area contributed by atoms with Crippen LogP contribution in [0.25, 0.3) is 0 Å². The zero-order valence-electron chi connectivity index (χ0n) is 10.9. The summed E-state index contributed by atoms with van der Waals surface area (Å²) < 4.78 is 66.5. The van der Waals surface area contributed by atoms with E-state index in [1.165, 1.54) is 24.0 Å². The number of methoxy groups -OCH3 is 1. The van der Waals surface area contributed by atoms with Crippen LogP contribution in [-0.4, -0.2) is 35.3 Å². The fraction of sp³-hybridized carbons (Fsp3) is 0.455. The van der Waals surface area contributed by atoms with Crippen molar-refractivity contribution in [3.63, 3.8) is 0 Å². The molecule has 0 fully saturated rings. The first-order valence-corrected chi connectivity index (χ1v) is 7.06. The summed E-state index contributed by atoms with van der Waals surface area (Å²) in [4.78, 5) is -0.322. The molecule has 1 aromatic carbocycles. The van der Waals surface area contributed by atoms with Crippen molar-refractivity contribution in [1.82, 2.24) is 10.0 Å². The molecule has 0 unspecified atom stereocenters. The van der Waals surface area contributed by atoms with E-state index in [0.717, 1.165) is 0 Å². The quantitative estimate of drug-likeness (QED) is 0.830. The van der Waals surface area contributed by atoms with Crippen LogP contribution in [0.15, 0.2) is 23.1 Å². The normalized spacial score (nSPS) is 12.4. The molecule has 0 aliphatic carbocycles. The molecule has 9 heteroatoms. The van der Waals surface area contributed by atoms with E-state index >= 15 is 0 Å². The van der Waals surface area contributed by atoms with Crippen molar-refractivity contribution in [3.05, 3.63) is 23.8 Å². The summed E-state index contributed by atoms with van der Waals surface area (Å²) in [6.07, 6.45) is -4.62. The molecule has 0 saturated heterocycles. The van der Waals surface area contributed by atoms with Gasteiger partial charge < -0.3 is 10.1 Å². The Balaban J connectivity index is 3.11. The molecule has 20 heavy (non-hydrogen) atoms. The maximum absolute atomic E-state index is 12.1. The highest BCUT2D eigenvalue weighted by atomic mass is 32.2. The van der Waals surface area contributed by atoms with Gasteiger partial charge in [0.15, 0.2) is 0 Å². The number of ether oxygens (including phenoxy) is 1. The maximum Gasteiger partial charge on any atom is 0.402 e. The maximum atomic E-state index is 12.1. The summed E-state index contributed by atoms with van der Waals surface area (Å²) in [7, 11) is -1.39. The van der Waals surface area contributed by atoms with E-state index in [1.54, 1.807) is 13.1 Å². The number of rotatable bonds is 6. The van der Waals surface area contributed by atoms with Crippen LogP contribution in [0.4, 0.5) is 13.2 Å². The molecule has 0 atom stereocenters. The van der Waals surface area contributed by atoms with Gasteiger partial charge in [0.2, 0.25) is 10.0 Å². The molecular formula is C11H15F3N2O3S. The van der Waals surface area contributed by atoms with Crippen molar-refractivity contribution in [1.29, 1.82) is 0 Å². The van der Waals surface area contributed by atoms with Gasteiger partial charge in [0.05, 0.1) is 7.11 Å². The molecule has 1 rings (SSSR count). The number of nitrogens with one attached hydrogen (secondary N) is 2. The van der Waals surface area contributed by atoms with Crippen molar-refractivity contribution in [2.75, 3.05) is 20.7 Å². The Morgan fingerprint density at radius 2 is 1.95 bits per heavy atom. The summed E-state index contributed by atoms with van der Waals surface area (Å²) in [5, 5.41) is 2.82. The molecule has 5 nitrogen and oxygen atoms in total. The smallest absolute Gasteiger partial charge is 0.402 e. The van der Waals surface area contributed by atoms with Crippen LogP contribution in [-0.2, 0) is 16.6 Å². The van der Waals surface area contributed by atoms with E-state index in [-0.39, 0.29) is 10.6 Å². The number of hydrogen-bond acceptors (Lipinski definition) is 4. The van der Waals surface area contributed by atoms with Crippen LogP contribution in [0.5, 0.6) is 5.75 Å². The summed E-state index contributed by atoms with van der Waals surface area (Å²) in [6, 6.07) is 4.29. The molecule has 0 bridgehead atoms. The highest BCUT2D eigenvalue weighted by Gasteiger charge is 2.31. The largest absolute Gasteiger partial charge is 0.495 e. The summed E-state index contributed by atoms with van der Waals surface area (Å²) >= 11 is 0. The molecular weight excluding hydrogens is 297 g/mol. The summed E-state index contributed by atoms with van der Waals surface area (Å²) in [6.45, 7) is -1.25. The van der Waals surface area contributed by atoms with Crippen molar-refractivity contribution in [2.45, 2.75) is 17.6 Å². The Bertz CT molecular complexity index is 559. The molecule has 2 N–H and O–H groups in total. The monoisotopic (exact) mass is 312 g/mol. The number of alkyl halides is 3. The zero-order chi connectivity index (χ0) is 15.4. The predicted octanol–water partition coefficient (Wildman–Crippen LogP) is 1.26. The van der Waals surface area contributed by atoms with Gasteiger partial charge in [-0.2, -0.15) is 13.2 Å². The molecule has 0 heterocycles. The van der Waals surface area contributed by atoms with Crippen LogP contribution in [0.3, 0.4) is 0 Å². The lowest BCUT2D eigenvalue weighted by atomic mass is 10.2. The van der Waals surface area contributed by atoms with Gasteiger partial charge in [-0.25, -0.2) is 13.1 Å². The SMILES string of the molecule is CNCc1ccc(OC)c(S(=O)(=O)NCC(F)(F)F)c1. The lowest BCUT2D eigenvalue weighted by molar-refractivity contribution is -0.121.